The van der Waals surface area contributed by atoms with E-state index in [1.807, 2.05) is 50.2 Å². The summed E-state index contributed by atoms with van der Waals surface area (Å²) in [7, 11) is 1.50. The van der Waals surface area contributed by atoms with Crippen LogP contribution < -0.4 is 14.8 Å². The van der Waals surface area contributed by atoms with E-state index in [2.05, 4.69) is 5.32 Å². The summed E-state index contributed by atoms with van der Waals surface area (Å²) in [5.41, 5.74) is 1.49. The molecule has 0 radical (unpaired) electrons. The molecule has 0 heterocycles. The first-order valence-corrected chi connectivity index (χ1v) is 8.80. The zero-order chi connectivity index (χ0) is 19.8. The molecule has 27 heavy (non-hydrogen) atoms. The number of benzene rings is 2. The molecule has 2 rings (SSSR count). The first-order chi connectivity index (χ1) is 12.9. The average molecular weight is 385 g/mol. The molecule has 0 saturated carbocycles. The maximum absolute atomic E-state index is 12.3. The number of carbonyl (C=O) groups excluding carboxylic acids is 1. The SMILES string of the molecule is COc1cc(/C=C(\C#N)C(=O)NCc2ccccc2)cc(Cl)c1OC(C)C. The number of ether oxygens (including phenoxy) is 2. The zero-order valence-electron chi connectivity index (χ0n) is 15.5. The minimum atomic E-state index is -0.459. The van der Waals surface area contributed by atoms with Crippen molar-refractivity contribution in [3.8, 4) is 17.6 Å². The van der Waals surface area contributed by atoms with E-state index >= 15 is 0 Å². The Balaban J connectivity index is 2.22. The fourth-order valence-corrected chi connectivity index (χ4v) is 2.63. The second kappa shape index (κ2) is 9.65. The van der Waals surface area contributed by atoms with Crippen molar-refractivity contribution in [3.05, 3.63) is 64.2 Å². The van der Waals surface area contributed by atoms with Crippen molar-refractivity contribution in [2.24, 2.45) is 0 Å². The molecule has 140 valence electrons. The second-order valence-corrected chi connectivity index (χ2v) is 6.45. The highest BCUT2D eigenvalue weighted by atomic mass is 35.5. The third-order valence-corrected chi connectivity index (χ3v) is 3.86. The molecule has 0 unspecified atom stereocenters. The molecular weight excluding hydrogens is 364 g/mol. The number of nitrogens with zero attached hydrogens (tertiary/aromatic N) is 1. The lowest BCUT2D eigenvalue weighted by molar-refractivity contribution is -0.117. The highest BCUT2D eigenvalue weighted by Gasteiger charge is 2.15. The first kappa shape index (κ1) is 20.3. The van der Waals surface area contributed by atoms with Crippen LogP contribution in [0.4, 0.5) is 0 Å². The van der Waals surface area contributed by atoms with Crippen LogP contribution >= 0.6 is 11.6 Å². The fourth-order valence-electron chi connectivity index (χ4n) is 2.36. The van der Waals surface area contributed by atoms with Gasteiger partial charge in [-0.25, -0.2) is 0 Å². The number of methoxy groups -OCH3 is 1. The molecule has 0 saturated heterocycles. The van der Waals surface area contributed by atoms with E-state index in [1.54, 1.807) is 12.1 Å². The largest absolute Gasteiger partial charge is 0.493 e. The average Bonchev–Trinajstić information content (AvgIpc) is 2.66. The van der Waals surface area contributed by atoms with Gasteiger partial charge < -0.3 is 14.8 Å². The summed E-state index contributed by atoms with van der Waals surface area (Å²) < 4.78 is 11.0. The normalized spacial score (nSPS) is 11.0. The third kappa shape index (κ3) is 5.77. The van der Waals surface area contributed by atoms with Gasteiger partial charge in [0.15, 0.2) is 11.5 Å². The van der Waals surface area contributed by atoms with Crippen molar-refractivity contribution in [3.63, 3.8) is 0 Å². The molecule has 0 fully saturated rings. The number of nitriles is 1. The minimum Gasteiger partial charge on any atom is -0.493 e. The summed E-state index contributed by atoms with van der Waals surface area (Å²) in [5, 5.41) is 12.4. The lowest BCUT2D eigenvalue weighted by atomic mass is 10.1. The van der Waals surface area contributed by atoms with Crippen molar-refractivity contribution < 1.29 is 14.3 Å². The van der Waals surface area contributed by atoms with Gasteiger partial charge in [0.2, 0.25) is 0 Å². The van der Waals surface area contributed by atoms with Crippen molar-refractivity contribution in [1.29, 1.82) is 5.26 Å². The lowest BCUT2D eigenvalue weighted by Gasteiger charge is -2.15. The van der Waals surface area contributed by atoms with Gasteiger partial charge in [0.1, 0.15) is 11.6 Å². The van der Waals surface area contributed by atoms with Crippen molar-refractivity contribution >= 4 is 23.6 Å². The van der Waals surface area contributed by atoms with E-state index in [0.717, 1.165) is 5.56 Å². The number of rotatable bonds is 7. The molecule has 5 nitrogen and oxygen atoms in total. The van der Waals surface area contributed by atoms with Crippen LogP contribution in [0.1, 0.15) is 25.0 Å². The molecule has 0 spiro atoms. The molecule has 1 amide bonds. The number of carbonyl (C=O) groups is 1. The van der Waals surface area contributed by atoms with Crippen LogP contribution in [0, 0.1) is 11.3 Å². The van der Waals surface area contributed by atoms with Gasteiger partial charge in [0, 0.05) is 6.54 Å². The van der Waals surface area contributed by atoms with Crippen LogP contribution in [0.2, 0.25) is 5.02 Å². The number of nitrogens with one attached hydrogen (secondary N) is 1. The number of hydrogen-bond acceptors (Lipinski definition) is 4. The van der Waals surface area contributed by atoms with Crippen LogP contribution in [0.5, 0.6) is 11.5 Å². The Morgan fingerprint density at radius 2 is 2.00 bits per heavy atom. The standard InChI is InChI=1S/C21H21ClN2O3/c1-14(2)27-20-18(22)10-16(11-19(20)26-3)9-17(12-23)21(25)24-13-15-7-5-4-6-8-15/h4-11,14H,13H2,1-3H3,(H,24,25)/b17-9+. The van der Waals surface area contributed by atoms with Gasteiger partial charge in [-0.2, -0.15) is 5.26 Å². The van der Waals surface area contributed by atoms with Gasteiger partial charge in [-0.15, -0.1) is 0 Å². The lowest BCUT2D eigenvalue weighted by Crippen LogP contribution is -2.23. The van der Waals surface area contributed by atoms with Crippen molar-refractivity contribution in [2.45, 2.75) is 26.5 Å². The molecule has 0 atom stereocenters. The van der Waals surface area contributed by atoms with Crippen LogP contribution in [0.3, 0.4) is 0 Å². The van der Waals surface area contributed by atoms with E-state index in [1.165, 1.54) is 13.2 Å². The molecule has 2 aromatic carbocycles. The molecule has 0 aliphatic rings. The Hall–Kier alpha value is -2.97. The third-order valence-electron chi connectivity index (χ3n) is 3.58. The van der Waals surface area contributed by atoms with E-state index < -0.39 is 5.91 Å². The summed E-state index contributed by atoms with van der Waals surface area (Å²) in [4.78, 5) is 12.3. The summed E-state index contributed by atoms with van der Waals surface area (Å²) in [6.45, 7) is 4.10. The Morgan fingerprint density at radius 1 is 1.30 bits per heavy atom. The van der Waals surface area contributed by atoms with Gasteiger partial charge in [0.05, 0.1) is 18.2 Å². The van der Waals surface area contributed by atoms with Gasteiger partial charge in [0.25, 0.3) is 5.91 Å². The Bertz CT molecular complexity index is 871. The second-order valence-electron chi connectivity index (χ2n) is 6.04. The molecule has 0 bridgehead atoms. The smallest absolute Gasteiger partial charge is 0.262 e. The Kier molecular flexibility index (Phi) is 7.27. The number of halogens is 1. The van der Waals surface area contributed by atoms with Gasteiger partial charge in [-0.1, -0.05) is 41.9 Å². The Labute approximate surface area is 164 Å². The maximum Gasteiger partial charge on any atom is 0.262 e. The molecule has 2 aromatic rings. The summed E-state index contributed by atoms with van der Waals surface area (Å²) in [6.07, 6.45) is 1.39. The quantitative estimate of drug-likeness (QED) is 0.568. The highest BCUT2D eigenvalue weighted by molar-refractivity contribution is 6.32. The molecule has 6 heteroatoms. The summed E-state index contributed by atoms with van der Waals surface area (Å²) in [6, 6.07) is 14.7. The molecular formula is C21H21ClN2O3. The maximum atomic E-state index is 12.3. The van der Waals surface area contributed by atoms with E-state index in [0.29, 0.717) is 28.6 Å². The molecule has 0 aromatic heterocycles. The highest BCUT2D eigenvalue weighted by Crippen LogP contribution is 2.37. The van der Waals surface area contributed by atoms with Gasteiger partial charge in [-0.3, -0.25) is 4.79 Å². The molecule has 1 N–H and O–H groups in total. The predicted molar refractivity (Wildman–Crippen MR) is 106 cm³/mol. The van der Waals surface area contributed by atoms with Crippen LogP contribution in [-0.4, -0.2) is 19.1 Å². The summed E-state index contributed by atoms with van der Waals surface area (Å²) >= 11 is 6.29. The number of amides is 1. The van der Waals surface area contributed by atoms with Crippen molar-refractivity contribution in [2.75, 3.05) is 7.11 Å². The van der Waals surface area contributed by atoms with Crippen molar-refractivity contribution in [1.82, 2.24) is 5.32 Å². The Morgan fingerprint density at radius 3 is 2.59 bits per heavy atom. The first-order valence-electron chi connectivity index (χ1n) is 8.42. The monoisotopic (exact) mass is 384 g/mol. The van der Waals surface area contributed by atoms with Crippen LogP contribution in [0.15, 0.2) is 48.0 Å². The topological polar surface area (TPSA) is 71.3 Å². The van der Waals surface area contributed by atoms with E-state index in [-0.39, 0.29) is 11.7 Å². The fraction of sp³-hybridized carbons (Fsp3) is 0.238. The number of hydrogen-bond donors (Lipinski definition) is 1. The van der Waals surface area contributed by atoms with Crippen LogP contribution in [0.25, 0.3) is 6.08 Å². The van der Waals surface area contributed by atoms with Gasteiger partial charge >= 0.3 is 0 Å². The molecule has 0 aliphatic heterocycles. The van der Waals surface area contributed by atoms with Gasteiger partial charge in [-0.05, 0) is 43.2 Å². The molecule has 0 aliphatic carbocycles. The van der Waals surface area contributed by atoms with E-state index in [9.17, 15) is 10.1 Å². The predicted octanol–water partition coefficient (Wildman–Crippen LogP) is 4.36. The van der Waals surface area contributed by atoms with Crippen LogP contribution in [-0.2, 0) is 11.3 Å². The summed E-state index contributed by atoms with van der Waals surface area (Å²) in [5.74, 6) is 0.404. The zero-order valence-corrected chi connectivity index (χ0v) is 16.2. The van der Waals surface area contributed by atoms with E-state index in [4.69, 9.17) is 21.1 Å². The minimum absolute atomic E-state index is 0.0263.